The van der Waals surface area contributed by atoms with Gasteiger partial charge in [-0.2, -0.15) is 9.78 Å². The largest absolute Gasteiger partial charge is 0.445 e. The molecule has 1 fully saturated rings. The van der Waals surface area contributed by atoms with Crippen molar-refractivity contribution in [3.05, 3.63) is 17.5 Å². The number of hydrogen-bond acceptors (Lipinski definition) is 4. The minimum absolute atomic E-state index is 0.113. The van der Waals surface area contributed by atoms with E-state index in [0.717, 1.165) is 31.0 Å². The monoisotopic (exact) mass is 277 g/mol. The van der Waals surface area contributed by atoms with Gasteiger partial charge in [-0.25, -0.2) is 4.79 Å². The normalized spacial score (nSPS) is 22.1. The number of ether oxygens (including phenoxy) is 1. The number of nitrogens with zero attached hydrogens (tertiary/aromatic N) is 3. The van der Waals surface area contributed by atoms with E-state index in [0.29, 0.717) is 6.04 Å². The summed E-state index contributed by atoms with van der Waals surface area (Å²) in [6.07, 6.45) is 7.12. The average Bonchev–Trinajstić information content (AvgIpc) is 3.15. The molecule has 0 radical (unpaired) electrons. The molecule has 1 heterocycles. The fourth-order valence-corrected chi connectivity index (χ4v) is 2.96. The fraction of sp³-hybridized carbons (Fsp3) is 0.733. The van der Waals surface area contributed by atoms with Gasteiger partial charge < -0.3 is 9.64 Å². The van der Waals surface area contributed by atoms with E-state index in [1.54, 1.807) is 0 Å². The van der Waals surface area contributed by atoms with Gasteiger partial charge in [0.25, 0.3) is 0 Å². The summed E-state index contributed by atoms with van der Waals surface area (Å²) in [5.74, 6) is 0. The molecule has 1 atom stereocenters. The van der Waals surface area contributed by atoms with Crippen LogP contribution in [0.25, 0.3) is 0 Å². The van der Waals surface area contributed by atoms with E-state index < -0.39 is 0 Å². The van der Waals surface area contributed by atoms with Crippen LogP contribution in [0.2, 0.25) is 0 Å². The predicted octanol–water partition coefficient (Wildman–Crippen LogP) is 2.23. The predicted molar refractivity (Wildman–Crippen MR) is 75.8 cm³/mol. The second-order valence-electron chi connectivity index (χ2n) is 6.27. The molecule has 2 aliphatic carbocycles. The third kappa shape index (κ3) is 2.73. The van der Waals surface area contributed by atoms with Crippen LogP contribution < -0.4 is 0 Å². The number of aromatic nitrogens is 2. The molecule has 3 rings (SSSR count). The Labute approximate surface area is 119 Å². The van der Waals surface area contributed by atoms with Crippen LogP contribution in [-0.4, -0.2) is 46.0 Å². The highest BCUT2D eigenvalue weighted by atomic mass is 16.6. The summed E-state index contributed by atoms with van der Waals surface area (Å²) in [6.45, 7) is 3.70. The summed E-state index contributed by atoms with van der Waals surface area (Å²) >= 11 is 0. The van der Waals surface area contributed by atoms with Crippen LogP contribution in [0.15, 0.2) is 6.20 Å². The van der Waals surface area contributed by atoms with Crippen molar-refractivity contribution < 1.29 is 9.53 Å². The molecule has 1 unspecified atom stereocenters. The van der Waals surface area contributed by atoms with E-state index >= 15 is 0 Å². The van der Waals surface area contributed by atoms with Gasteiger partial charge in [-0.05, 0) is 58.6 Å². The third-order valence-electron chi connectivity index (χ3n) is 4.27. The van der Waals surface area contributed by atoms with Gasteiger partial charge in [0.15, 0.2) is 0 Å². The molecule has 0 saturated heterocycles. The molecule has 0 N–H and O–H groups in total. The molecular formula is C15H23N3O2. The van der Waals surface area contributed by atoms with Gasteiger partial charge in [0.1, 0.15) is 0 Å². The van der Waals surface area contributed by atoms with Crippen LogP contribution in [0.4, 0.5) is 4.79 Å². The molecule has 0 bridgehead atoms. The van der Waals surface area contributed by atoms with Crippen molar-refractivity contribution in [1.82, 2.24) is 14.7 Å². The van der Waals surface area contributed by atoms with Crippen molar-refractivity contribution >= 4 is 6.09 Å². The SMILES string of the molecule is CC(C)OC(=O)n1cc2c(n1)CCC(N(C)C1CC1)C2. The number of hydrogen-bond donors (Lipinski definition) is 0. The number of carbonyl (C=O) groups excluding carboxylic acids is 1. The lowest BCUT2D eigenvalue weighted by molar-refractivity contribution is 0.114. The lowest BCUT2D eigenvalue weighted by Crippen LogP contribution is -2.37. The van der Waals surface area contributed by atoms with Crippen LogP contribution in [0, 0.1) is 0 Å². The van der Waals surface area contributed by atoms with Crippen LogP contribution in [0.3, 0.4) is 0 Å². The number of rotatable bonds is 3. The van der Waals surface area contributed by atoms with E-state index in [2.05, 4.69) is 17.0 Å². The van der Waals surface area contributed by atoms with Crippen molar-refractivity contribution in [3.63, 3.8) is 0 Å². The standard InChI is InChI=1S/C15H23N3O2/c1-10(2)20-15(19)18-9-11-8-13(6-7-14(11)16-18)17(3)12-4-5-12/h9-10,12-13H,4-8H2,1-3H3. The Morgan fingerprint density at radius 1 is 1.40 bits per heavy atom. The molecule has 5 heteroatoms. The number of aryl methyl sites for hydroxylation is 1. The molecule has 0 aliphatic heterocycles. The summed E-state index contributed by atoms with van der Waals surface area (Å²) in [7, 11) is 2.23. The highest BCUT2D eigenvalue weighted by Gasteiger charge is 2.33. The Morgan fingerprint density at radius 3 is 2.80 bits per heavy atom. The molecule has 110 valence electrons. The first kappa shape index (κ1) is 13.6. The number of likely N-dealkylation sites (N-methyl/N-ethyl adjacent to an activating group) is 1. The lowest BCUT2D eigenvalue weighted by Gasteiger charge is -2.30. The molecule has 1 aromatic rings. The van der Waals surface area contributed by atoms with Crippen LogP contribution in [-0.2, 0) is 17.6 Å². The van der Waals surface area contributed by atoms with E-state index in [-0.39, 0.29) is 12.2 Å². The minimum atomic E-state index is -0.374. The second kappa shape index (κ2) is 5.20. The molecule has 1 aromatic heterocycles. The smallest absolute Gasteiger partial charge is 0.434 e. The lowest BCUT2D eigenvalue weighted by atomic mass is 9.92. The van der Waals surface area contributed by atoms with Gasteiger partial charge in [0, 0.05) is 18.3 Å². The summed E-state index contributed by atoms with van der Waals surface area (Å²) in [4.78, 5) is 14.4. The van der Waals surface area contributed by atoms with Gasteiger partial charge in [-0.1, -0.05) is 0 Å². The molecule has 0 amide bonds. The first-order valence-corrected chi connectivity index (χ1v) is 7.55. The third-order valence-corrected chi connectivity index (χ3v) is 4.27. The van der Waals surface area contributed by atoms with Crippen molar-refractivity contribution in [2.45, 2.75) is 64.1 Å². The molecule has 20 heavy (non-hydrogen) atoms. The Morgan fingerprint density at radius 2 is 2.15 bits per heavy atom. The zero-order chi connectivity index (χ0) is 14.3. The topological polar surface area (TPSA) is 47.4 Å². The van der Waals surface area contributed by atoms with E-state index in [1.807, 2.05) is 20.0 Å². The number of fused-ring (bicyclic) bond motifs is 1. The van der Waals surface area contributed by atoms with Crippen molar-refractivity contribution in [1.29, 1.82) is 0 Å². The molecule has 1 saturated carbocycles. The van der Waals surface area contributed by atoms with Gasteiger partial charge in [0.2, 0.25) is 0 Å². The highest BCUT2D eigenvalue weighted by molar-refractivity contribution is 5.69. The maximum atomic E-state index is 11.9. The minimum Gasteiger partial charge on any atom is -0.445 e. The molecule has 0 spiro atoms. The molecule has 2 aliphatic rings. The summed E-state index contributed by atoms with van der Waals surface area (Å²) < 4.78 is 6.55. The molecule has 0 aromatic carbocycles. The molecule has 5 nitrogen and oxygen atoms in total. The van der Waals surface area contributed by atoms with Gasteiger partial charge in [-0.3, -0.25) is 0 Å². The Balaban J connectivity index is 1.70. The quantitative estimate of drug-likeness (QED) is 0.850. The van der Waals surface area contributed by atoms with Crippen LogP contribution in [0.1, 0.15) is 44.4 Å². The first-order chi connectivity index (χ1) is 9.54. The maximum Gasteiger partial charge on any atom is 0.434 e. The van der Waals surface area contributed by atoms with E-state index in [1.165, 1.54) is 23.1 Å². The number of carbonyl (C=O) groups is 1. The fourth-order valence-electron chi connectivity index (χ4n) is 2.96. The second-order valence-corrected chi connectivity index (χ2v) is 6.27. The van der Waals surface area contributed by atoms with E-state index in [4.69, 9.17) is 4.74 Å². The maximum absolute atomic E-state index is 11.9. The summed E-state index contributed by atoms with van der Waals surface area (Å²) in [5.41, 5.74) is 2.26. The zero-order valence-electron chi connectivity index (χ0n) is 12.5. The van der Waals surface area contributed by atoms with E-state index in [9.17, 15) is 4.79 Å². The van der Waals surface area contributed by atoms with Crippen molar-refractivity contribution in [3.8, 4) is 0 Å². The molecular weight excluding hydrogens is 254 g/mol. The van der Waals surface area contributed by atoms with Crippen LogP contribution >= 0.6 is 0 Å². The van der Waals surface area contributed by atoms with Crippen LogP contribution in [0.5, 0.6) is 0 Å². The Bertz CT molecular complexity index is 505. The van der Waals surface area contributed by atoms with Crippen molar-refractivity contribution in [2.75, 3.05) is 7.05 Å². The Hall–Kier alpha value is -1.36. The van der Waals surface area contributed by atoms with Gasteiger partial charge in [-0.15, -0.1) is 0 Å². The average molecular weight is 277 g/mol. The summed E-state index contributed by atoms with van der Waals surface area (Å²) in [6, 6.07) is 1.37. The zero-order valence-corrected chi connectivity index (χ0v) is 12.5. The van der Waals surface area contributed by atoms with Gasteiger partial charge in [0.05, 0.1) is 11.8 Å². The Kier molecular flexibility index (Phi) is 3.54. The highest BCUT2D eigenvalue weighted by Crippen LogP contribution is 2.31. The van der Waals surface area contributed by atoms with Crippen molar-refractivity contribution in [2.24, 2.45) is 0 Å². The summed E-state index contributed by atoms with van der Waals surface area (Å²) in [5, 5.41) is 4.38. The first-order valence-electron chi connectivity index (χ1n) is 7.55. The van der Waals surface area contributed by atoms with Gasteiger partial charge >= 0.3 is 6.09 Å².